The number of ether oxygens (including phenoxy) is 1. The molecular formula is C31H39N3O5S. The van der Waals surface area contributed by atoms with Gasteiger partial charge in [0.2, 0.25) is 11.8 Å². The van der Waals surface area contributed by atoms with E-state index in [1.54, 1.807) is 49.4 Å². The van der Waals surface area contributed by atoms with Gasteiger partial charge in [0.25, 0.3) is 10.0 Å². The van der Waals surface area contributed by atoms with Crippen LogP contribution in [0.4, 0.5) is 5.69 Å². The third kappa shape index (κ3) is 7.85. The van der Waals surface area contributed by atoms with Gasteiger partial charge in [-0.05, 0) is 76.1 Å². The lowest BCUT2D eigenvalue weighted by Gasteiger charge is -2.32. The molecule has 2 unspecified atom stereocenters. The fourth-order valence-corrected chi connectivity index (χ4v) is 5.61. The van der Waals surface area contributed by atoms with E-state index in [4.69, 9.17) is 4.74 Å². The van der Waals surface area contributed by atoms with Crippen LogP contribution in [0.5, 0.6) is 5.75 Å². The van der Waals surface area contributed by atoms with Gasteiger partial charge in [0.1, 0.15) is 18.3 Å². The summed E-state index contributed by atoms with van der Waals surface area (Å²) in [5.74, 6) is -0.207. The summed E-state index contributed by atoms with van der Waals surface area (Å²) in [6.45, 7) is 9.48. The van der Waals surface area contributed by atoms with E-state index in [-0.39, 0.29) is 23.4 Å². The molecule has 8 nitrogen and oxygen atoms in total. The summed E-state index contributed by atoms with van der Waals surface area (Å²) in [5.41, 5.74) is 2.17. The Balaban J connectivity index is 2.01. The van der Waals surface area contributed by atoms with Crippen molar-refractivity contribution in [1.82, 2.24) is 10.2 Å². The number of nitrogens with zero attached hydrogens (tertiary/aromatic N) is 2. The van der Waals surface area contributed by atoms with Crippen LogP contribution in [-0.4, -0.2) is 50.4 Å². The lowest BCUT2D eigenvalue weighted by Crippen LogP contribution is -2.52. The molecule has 2 atom stereocenters. The molecule has 0 bridgehead atoms. The summed E-state index contributed by atoms with van der Waals surface area (Å²) in [6.07, 6.45) is 0.741. The smallest absolute Gasteiger partial charge is 0.264 e. The molecule has 0 fully saturated rings. The summed E-state index contributed by atoms with van der Waals surface area (Å²) in [4.78, 5) is 28.6. The molecule has 1 N–H and O–H groups in total. The highest BCUT2D eigenvalue weighted by Crippen LogP contribution is 2.26. The maximum absolute atomic E-state index is 14.0. The van der Waals surface area contributed by atoms with Crippen LogP contribution < -0.4 is 14.4 Å². The van der Waals surface area contributed by atoms with Crippen LogP contribution in [0.25, 0.3) is 0 Å². The van der Waals surface area contributed by atoms with Crippen molar-refractivity contribution in [2.75, 3.05) is 17.5 Å². The number of hydrogen-bond acceptors (Lipinski definition) is 5. The Bertz CT molecular complexity index is 1380. The number of hydrogen-bond donors (Lipinski definition) is 1. The highest BCUT2D eigenvalue weighted by molar-refractivity contribution is 7.92. The molecule has 0 aliphatic rings. The lowest BCUT2D eigenvalue weighted by atomic mass is 10.1. The minimum absolute atomic E-state index is 0.0597. The molecule has 0 radical (unpaired) electrons. The number of benzene rings is 3. The van der Waals surface area contributed by atoms with E-state index in [0.717, 1.165) is 21.9 Å². The molecule has 0 heterocycles. The van der Waals surface area contributed by atoms with E-state index < -0.39 is 28.5 Å². The lowest BCUT2D eigenvalue weighted by molar-refractivity contribution is -0.139. The first-order valence-electron chi connectivity index (χ1n) is 13.5. The topological polar surface area (TPSA) is 96.0 Å². The van der Waals surface area contributed by atoms with Crippen LogP contribution in [0.3, 0.4) is 0 Å². The van der Waals surface area contributed by atoms with Crippen molar-refractivity contribution in [2.24, 2.45) is 0 Å². The second kappa shape index (κ2) is 14.0. The quantitative estimate of drug-likeness (QED) is 0.317. The van der Waals surface area contributed by atoms with Crippen molar-refractivity contribution in [1.29, 1.82) is 0 Å². The second-order valence-electron chi connectivity index (χ2n) is 9.76. The predicted octanol–water partition coefficient (Wildman–Crippen LogP) is 4.92. The van der Waals surface area contributed by atoms with E-state index in [1.807, 2.05) is 52.0 Å². The Labute approximate surface area is 238 Å². The number of rotatable bonds is 13. The number of carbonyl (C=O) groups is 2. The Morgan fingerprint density at radius 3 is 2.20 bits per heavy atom. The van der Waals surface area contributed by atoms with E-state index in [0.29, 0.717) is 18.0 Å². The van der Waals surface area contributed by atoms with Crippen molar-refractivity contribution in [3.63, 3.8) is 0 Å². The monoisotopic (exact) mass is 565 g/mol. The molecule has 0 aliphatic carbocycles. The van der Waals surface area contributed by atoms with Crippen LogP contribution in [0.15, 0.2) is 83.8 Å². The molecule has 3 aromatic carbocycles. The minimum Gasteiger partial charge on any atom is -0.494 e. The fourth-order valence-electron chi connectivity index (χ4n) is 4.18. The maximum Gasteiger partial charge on any atom is 0.264 e. The zero-order valence-electron chi connectivity index (χ0n) is 23.8. The van der Waals surface area contributed by atoms with Gasteiger partial charge in [-0.3, -0.25) is 13.9 Å². The van der Waals surface area contributed by atoms with Gasteiger partial charge >= 0.3 is 0 Å². The third-order valence-corrected chi connectivity index (χ3v) is 8.44. The van der Waals surface area contributed by atoms with Crippen LogP contribution >= 0.6 is 0 Å². The largest absolute Gasteiger partial charge is 0.494 e. The molecular weight excluding hydrogens is 526 g/mol. The van der Waals surface area contributed by atoms with Gasteiger partial charge in [-0.2, -0.15) is 0 Å². The average Bonchev–Trinajstić information content (AvgIpc) is 2.95. The highest BCUT2D eigenvalue weighted by Gasteiger charge is 2.32. The van der Waals surface area contributed by atoms with Crippen molar-refractivity contribution < 1.29 is 22.7 Å². The highest BCUT2D eigenvalue weighted by atomic mass is 32.2. The maximum atomic E-state index is 14.0. The molecule has 3 rings (SSSR count). The molecule has 0 saturated heterocycles. The van der Waals surface area contributed by atoms with Crippen LogP contribution in [0.1, 0.15) is 45.2 Å². The number of anilines is 1. The van der Waals surface area contributed by atoms with Gasteiger partial charge < -0.3 is 15.0 Å². The van der Waals surface area contributed by atoms with Gasteiger partial charge in [-0.15, -0.1) is 0 Å². The van der Waals surface area contributed by atoms with Gasteiger partial charge in [0.05, 0.1) is 17.2 Å². The second-order valence-corrected chi connectivity index (χ2v) is 11.6. The summed E-state index contributed by atoms with van der Waals surface area (Å²) >= 11 is 0. The number of amides is 2. The van der Waals surface area contributed by atoms with Crippen molar-refractivity contribution in [3.05, 3.63) is 90.0 Å². The first-order chi connectivity index (χ1) is 19.1. The van der Waals surface area contributed by atoms with Crippen molar-refractivity contribution in [3.8, 4) is 5.75 Å². The van der Waals surface area contributed by atoms with Gasteiger partial charge in [0, 0.05) is 12.6 Å². The molecule has 214 valence electrons. The Morgan fingerprint density at radius 1 is 0.925 bits per heavy atom. The van der Waals surface area contributed by atoms with E-state index in [9.17, 15) is 18.0 Å². The van der Waals surface area contributed by atoms with Gasteiger partial charge in [-0.1, -0.05) is 55.0 Å². The van der Waals surface area contributed by atoms with E-state index >= 15 is 0 Å². The Hall–Kier alpha value is -3.85. The summed E-state index contributed by atoms with van der Waals surface area (Å²) in [5, 5.41) is 2.94. The van der Waals surface area contributed by atoms with Crippen molar-refractivity contribution >= 4 is 27.5 Å². The first kappa shape index (κ1) is 30.7. The van der Waals surface area contributed by atoms with Crippen molar-refractivity contribution in [2.45, 2.75) is 64.6 Å². The third-order valence-electron chi connectivity index (χ3n) is 6.65. The molecule has 0 aromatic heterocycles. The SMILES string of the molecule is CCOc1ccc(N(CC(=O)N(Cc2cccc(C)c2)C(C)C(=O)NC(C)CC)S(=O)(=O)c2ccccc2)cc1. The van der Waals surface area contributed by atoms with Gasteiger partial charge in [0.15, 0.2) is 0 Å². The number of sulfonamides is 1. The molecule has 2 amide bonds. The molecule has 3 aromatic rings. The van der Waals surface area contributed by atoms with Crippen LogP contribution in [0.2, 0.25) is 0 Å². The Kier molecular flexibility index (Phi) is 10.7. The van der Waals surface area contributed by atoms with Gasteiger partial charge in [-0.25, -0.2) is 8.42 Å². The number of carbonyl (C=O) groups excluding carboxylic acids is 2. The summed E-state index contributed by atoms with van der Waals surface area (Å²) < 4.78 is 34.3. The molecule has 40 heavy (non-hydrogen) atoms. The molecule has 0 spiro atoms. The zero-order chi connectivity index (χ0) is 29.3. The minimum atomic E-state index is -4.11. The fraction of sp³-hybridized carbons (Fsp3) is 0.355. The first-order valence-corrected chi connectivity index (χ1v) is 15.0. The number of nitrogens with one attached hydrogen (secondary N) is 1. The summed E-state index contributed by atoms with van der Waals surface area (Å²) in [7, 11) is -4.11. The molecule has 0 saturated carbocycles. The standard InChI is InChI=1S/C31H39N3O5S/c1-6-24(4)32-31(36)25(5)33(21-26-13-11-12-23(3)20-26)30(35)22-34(27-16-18-28(19-17-27)39-7-2)40(37,38)29-14-9-8-10-15-29/h8-20,24-25H,6-7,21-22H2,1-5H3,(H,32,36). The van der Waals surface area contributed by atoms with E-state index in [1.165, 1.54) is 17.0 Å². The predicted molar refractivity (Wildman–Crippen MR) is 158 cm³/mol. The van der Waals surface area contributed by atoms with E-state index in [2.05, 4.69) is 5.32 Å². The average molecular weight is 566 g/mol. The zero-order valence-corrected chi connectivity index (χ0v) is 24.6. The summed E-state index contributed by atoms with van der Waals surface area (Å²) in [6, 6.07) is 21.3. The number of aryl methyl sites for hydroxylation is 1. The molecule has 9 heteroatoms. The van der Waals surface area contributed by atoms with Crippen LogP contribution in [-0.2, 0) is 26.2 Å². The van der Waals surface area contributed by atoms with Crippen LogP contribution in [0, 0.1) is 6.92 Å². The molecule has 0 aliphatic heterocycles. The Morgan fingerprint density at radius 2 is 1.60 bits per heavy atom. The normalized spacial score (nSPS) is 12.7.